The number of carbonyl (C=O) groups is 12. The van der Waals surface area contributed by atoms with Crippen LogP contribution in [0, 0.1) is 0 Å². The number of nitrogens with one attached hydrogen (secondary N) is 16. The molecule has 34 heteroatoms. The van der Waals surface area contributed by atoms with Crippen molar-refractivity contribution in [3.05, 3.63) is 0 Å². The standard InChI is InChI=1S/2C11H16N8O8.C3H8O2/c2*20-1-10(4(22)14-8(26)18-10)16-6(24)12-3-13-7(25)17-11(2-21)5(23)15-9(27)19-11;1-3(5)2-4/h2*20-21H,1-3H2,(H2,12,16,24)(H2,13,17,25)(H2,14,18,22,26)(H2,15,19,23,27);3-5H,2H2,1H3. The van der Waals surface area contributed by atoms with Crippen LogP contribution in [0.3, 0.4) is 0 Å². The third kappa shape index (κ3) is 12.3. The maximum Gasteiger partial charge on any atom is 0.323 e. The molecule has 0 bridgehead atoms. The normalized spacial score (nSPS) is 25.5. The van der Waals surface area contributed by atoms with Crippen LogP contribution in [0.5, 0.6) is 0 Å². The molecule has 5 unspecified atom stereocenters. The second kappa shape index (κ2) is 20.1. The molecule has 34 nitrogen and oxygen atoms in total. The Morgan fingerprint density at radius 3 is 0.763 bits per heavy atom. The highest BCUT2D eigenvalue weighted by Gasteiger charge is 2.50. The summed E-state index contributed by atoms with van der Waals surface area (Å²) >= 11 is 0. The number of aliphatic hydroxyl groups is 6. The lowest BCUT2D eigenvalue weighted by Crippen LogP contribution is -2.66. The molecule has 22 N–H and O–H groups in total. The number of imide groups is 4. The number of hydrogen-bond acceptors (Lipinski definition) is 18. The average molecular weight is 853 g/mol. The van der Waals surface area contributed by atoms with E-state index < -0.39 is 140 Å². The van der Waals surface area contributed by atoms with Crippen molar-refractivity contribution >= 4 is 71.9 Å². The van der Waals surface area contributed by atoms with Crippen LogP contribution in [0.25, 0.3) is 0 Å². The van der Waals surface area contributed by atoms with Gasteiger partial charge in [0, 0.05) is 0 Å². The molecule has 0 aliphatic carbocycles. The predicted octanol–water partition coefficient (Wildman–Crippen LogP) is -11.4. The van der Waals surface area contributed by atoms with Crippen LogP contribution >= 0.6 is 0 Å². The molecular weight excluding hydrogens is 812 g/mol. The van der Waals surface area contributed by atoms with E-state index in [-0.39, 0.29) is 6.61 Å². The number of carbonyl (C=O) groups excluding carboxylic acids is 12. The largest absolute Gasteiger partial charge is 0.394 e. The summed E-state index contributed by atoms with van der Waals surface area (Å²) in [6.07, 6.45) is -0.560. The molecule has 4 saturated heterocycles. The van der Waals surface area contributed by atoms with Crippen molar-refractivity contribution in [2.24, 2.45) is 0 Å². The Kier molecular flexibility index (Phi) is 16.3. The van der Waals surface area contributed by atoms with Gasteiger partial charge in [-0.15, -0.1) is 0 Å². The monoisotopic (exact) mass is 852 g/mol. The highest BCUT2D eigenvalue weighted by atomic mass is 16.3. The van der Waals surface area contributed by atoms with Crippen LogP contribution in [0.2, 0.25) is 0 Å². The van der Waals surface area contributed by atoms with E-state index in [1.54, 1.807) is 0 Å². The van der Waals surface area contributed by atoms with Crippen LogP contribution in [0.1, 0.15) is 6.92 Å². The Morgan fingerprint density at radius 1 is 0.458 bits per heavy atom. The first-order valence-corrected chi connectivity index (χ1v) is 16.1. The summed E-state index contributed by atoms with van der Waals surface area (Å²) in [5, 5.41) is 84.9. The van der Waals surface area contributed by atoms with Gasteiger partial charge in [0.05, 0.1) is 52.5 Å². The zero-order valence-electron chi connectivity index (χ0n) is 30.1. The lowest BCUT2D eigenvalue weighted by molar-refractivity contribution is -0.127. The van der Waals surface area contributed by atoms with Crippen molar-refractivity contribution in [3.8, 4) is 0 Å². The number of aliphatic hydroxyl groups excluding tert-OH is 6. The molecule has 0 spiro atoms. The van der Waals surface area contributed by atoms with Gasteiger partial charge in [0.25, 0.3) is 23.6 Å². The molecule has 0 saturated carbocycles. The van der Waals surface area contributed by atoms with Crippen molar-refractivity contribution in [2.75, 3.05) is 46.4 Å². The van der Waals surface area contributed by atoms with Gasteiger partial charge >= 0.3 is 48.2 Å². The van der Waals surface area contributed by atoms with Gasteiger partial charge in [0.1, 0.15) is 0 Å². The summed E-state index contributed by atoms with van der Waals surface area (Å²) in [6.45, 7) is -3.38. The van der Waals surface area contributed by atoms with E-state index in [1.807, 2.05) is 63.8 Å². The summed E-state index contributed by atoms with van der Waals surface area (Å²) in [6, 6.07) is -7.82. The molecule has 4 rings (SSSR count). The molecule has 0 aromatic rings. The summed E-state index contributed by atoms with van der Waals surface area (Å²) in [5.74, 6) is -3.93. The Morgan fingerprint density at radius 2 is 0.644 bits per heavy atom. The second-order valence-corrected chi connectivity index (χ2v) is 11.8. The lowest BCUT2D eigenvalue weighted by Gasteiger charge is -2.26. The van der Waals surface area contributed by atoms with Gasteiger partial charge < -0.3 is 94.4 Å². The van der Waals surface area contributed by atoms with Crippen molar-refractivity contribution in [1.29, 1.82) is 0 Å². The summed E-state index contributed by atoms with van der Waals surface area (Å²) in [4.78, 5) is 138. The molecule has 4 aliphatic rings. The Balaban J connectivity index is 0.000000365. The van der Waals surface area contributed by atoms with Gasteiger partial charge in [0.15, 0.2) is 0 Å². The third-order valence-corrected chi connectivity index (χ3v) is 7.28. The van der Waals surface area contributed by atoms with E-state index in [0.717, 1.165) is 0 Å². The van der Waals surface area contributed by atoms with E-state index in [1.165, 1.54) is 6.92 Å². The maximum absolute atomic E-state index is 11.8. The van der Waals surface area contributed by atoms with Crippen LogP contribution < -0.4 is 85.1 Å². The SMILES string of the molecule is CC(O)CO.O=C(NCNC(=O)NC1(CO)NC(=O)NC1=O)NC1(CO)NC(=O)NC1=O.O=C(NCNC(=O)NC1(CO)NC(=O)NC1=O)NC1(CO)NC(=O)NC1=O. The van der Waals surface area contributed by atoms with Gasteiger partial charge in [-0.25, -0.2) is 38.4 Å². The number of urea groups is 8. The number of amides is 20. The Bertz CT molecular complexity index is 1500. The molecule has 4 fully saturated rings. The minimum atomic E-state index is -2.06. The van der Waals surface area contributed by atoms with Gasteiger partial charge in [-0.1, -0.05) is 0 Å². The summed E-state index contributed by atoms with van der Waals surface area (Å²) < 4.78 is 0. The van der Waals surface area contributed by atoms with Crippen LogP contribution in [0.15, 0.2) is 0 Å². The zero-order chi connectivity index (χ0) is 44.8. The molecule has 59 heavy (non-hydrogen) atoms. The smallest absolute Gasteiger partial charge is 0.323 e. The van der Waals surface area contributed by atoms with Crippen molar-refractivity contribution < 1.29 is 88.2 Å². The Labute approximate surface area is 327 Å². The zero-order valence-corrected chi connectivity index (χ0v) is 30.1. The van der Waals surface area contributed by atoms with Crippen molar-refractivity contribution in [2.45, 2.75) is 35.7 Å². The van der Waals surface area contributed by atoms with E-state index in [9.17, 15) is 78.0 Å². The summed E-state index contributed by atoms with van der Waals surface area (Å²) in [5.41, 5.74) is -8.24. The molecular formula is C25H40N16O18. The fourth-order valence-electron chi connectivity index (χ4n) is 4.28. The highest BCUT2D eigenvalue weighted by Crippen LogP contribution is 2.08. The fourth-order valence-corrected chi connectivity index (χ4v) is 4.28. The van der Waals surface area contributed by atoms with Gasteiger partial charge in [0.2, 0.25) is 22.7 Å². The molecule has 5 atom stereocenters. The third-order valence-electron chi connectivity index (χ3n) is 7.28. The first kappa shape index (κ1) is 47.8. The molecule has 20 amide bonds. The van der Waals surface area contributed by atoms with E-state index >= 15 is 0 Å². The van der Waals surface area contributed by atoms with E-state index in [4.69, 9.17) is 10.2 Å². The number of hydrogen-bond donors (Lipinski definition) is 22. The molecule has 0 radical (unpaired) electrons. The van der Waals surface area contributed by atoms with Crippen molar-refractivity contribution in [3.63, 3.8) is 0 Å². The topological polar surface area (TPSA) is 519 Å². The van der Waals surface area contributed by atoms with Crippen LogP contribution in [-0.2, 0) is 19.2 Å². The van der Waals surface area contributed by atoms with Gasteiger partial charge in [-0.3, -0.25) is 40.4 Å². The fraction of sp³-hybridized carbons (Fsp3) is 0.520. The van der Waals surface area contributed by atoms with E-state index in [2.05, 4.69) is 21.3 Å². The van der Waals surface area contributed by atoms with E-state index in [0.29, 0.717) is 0 Å². The first-order chi connectivity index (χ1) is 27.6. The minimum absolute atomic E-state index is 0.139. The number of rotatable bonds is 13. The molecule has 0 aromatic heterocycles. The van der Waals surface area contributed by atoms with Gasteiger partial charge in [-0.2, -0.15) is 0 Å². The molecule has 328 valence electrons. The van der Waals surface area contributed by atoms with Crippen molar-refractivity contribution in [1.82, 2.24) is 85.1 Å². The Hall–Kier alpha value is -7.40. The highest BCUT2D eigenvalue weighted by molar-refractivity contribution is 6.10. The molecule has 4 aliphatic heterocycles. The summed E-state index contributed by atoms with van der Waals surface area (Å²) in [7, 11) is 0. The quantitative estimate of drug-likeness (QED) is 0.0604. The van der Waals surface area contributed by atoms with Gasteiger partial charge in [-0.05, 0) is 6.92 Å². The molecule has 4 heterocycles. The predicted molar refractivity (Wildman–Crippen MR) is 181 cm³/mol. The maximum atomic E-state index is 11.8. The average Bonchev–Trinajstić information content (AvgIpc) is 3.82. The van der Waals surface area contributed by atoms with Crippen LogP contribution in [0.4, 0.5) is 38.4 Å². The second-order valence-electron chi connectivity index (χ2n) is 11.8. The first-order valence-electron chi connectivity index (χ1n) is 16.1. The van der Waals surface area contributed by atoms with Crippen LogP contribution in [-0.4, -0.2) is 178 Å². The lowest BCUT2D eigenvalue weighted by atomic mass is 10.2. The minimum Gasteiger partial charge on any atom is -0.394 e. The molecule has 0 aromatic carbocycles.